The van der Waals surface area contributed by atoms with E-state index in [0.29, 0.717) is 37.6 Å². The van der Waals surface area contributed by atoms with Crippen LogP contribution in [-0.4, -0.2) is 48.0 Å². The van der Waals surface area contributed by atoms with Crippen molar-refractivity contribution in [3.63, 3.8) is 0 Å². The predicted octanol–water partition coefficient (Wildman–Crippen LogP) is 2.90. The molecular weight excluding hydrogens is 354 g/mol. The van der Waals surface area contributed by atoms with Crippen LogP contribution < -0.4 is 5.32 Å². The molecule has 2 amide bonds. The molecule has 0 aliphatic carbocycles. The lowest BCUT2D eigenvalue weighted by Crippen LogP contribution is -2.42. The van der Waals surface area contributed by atoms with Gasteiger partial charge in [-0.1, -0.05) is 17.7 Å². The van der Waals surface area contributed by atoms with Crippen molar-refractivity contribution in [2.45, 2.75) is 19.8 Å². The van der Waals surface area contributed by atoms with Gasteiger partial charge in [-0.25, -0.2) is 0 Å². The summed E-state index contributed by atoms with van der Waals surface area (Å²) in [6.07, 6.45) is 4.89. The fourth-order valence-electron chi connectivity index (χ4n) is 4.40. The molecule has 28 heavy (non-hydrogen) atoms. The van der Waals surface area contributed by atoms with Crippen LogP contribution in [0.4, 0.5) is 5.69 Å². The zero-order chi connectivity index (χ0) is 19.6. The standard InChI is InChI=1S/C22H25N3O3/c1-16-4-2-5-17(12-16)21(27)25-14-19(22(15-25)7-10-28-11-8-22)20(26)24-18-6-3-9-23-13-18/h2-6,9,12-13,19H,7-8,10-11,14-15H2,1H3,(H,24,26)/t19-/m0/s1. The van der Waals surface area contributed by atoms with Crippen molar-refractivity contribution in [1.29, 1.82) is 0 Å². The first-order chi connectivity index (χ1) is 13.6. The quantitative estimate of drug-likeness (QED) is 0.890. The lowest BCUT2D eigenvalue weighted by molar-refractivity contribution is -0.124. The van der Waals surface area contributed by atoms with Gasteiger partial charge in [0.2, 0.25) is 5.91 Å². The molecule has 2 aliphatic rings. The van der Waals surface area contributed by atoms with E-state index in [1.807, 2.05) is 42.2 Å². The van der Waals surface area contributed by atoms with E-state index in [9.17, 15) is 9.59 Å². The predicted molar refractivity (Wildman–Crippen MR) is 106 cm³/mol. The number of nitrogens with one attached hydrogen (secondary N) is 1. The number of carbonyl (C=O) groups is 2. The molecule has 1 N–H and O–H groups in total. The highest BCUT2D eigenvalue weighted by Gasteiger charge is 2.51. The average Bonchev–Trinajstić information content (AvgIpc) is 3.07. The van der Waals surface area contributed by atoms with Gasteiger partial charge in [0.15, 0.2) is 0 Å². The number of likely N-dealkylation sites (tertiary alicyclic amines) is 1. The van der Waals surface area contributed by atoms with Crippen LogP contribution in [0.1, 0.15) is 28.8 Å². The van der Waals surface area contributed by atoms with Crippen LogP contribution in [0.15, 0.2) is 48.8 Å². The number of benzene rings is 1. The Kier molecular flexibility index (Phi) is 5.13. The number of hydrogen-bond donors (Lipinski definition) is 1. The molecule has 0 bridgehead atoms. The molecule has 1 aromatic heterocycles. The van der Waals surface area contributed by atoms with Gasteiger partial charge in [0.05, 0.1) is 17.8 Å². The molecule has 1 spiro atoms. The van der Waals surface area contributed by atoms with Crippen molar-refractivity contribution in [2.24, 2.45) is 11.3 Å². The number of amides is 2. The lowest BCUT2D eigenvalue weighted by atomic mass is 9.71. The van der Waals surface area contributed by atoms with Gasteiger partial charge in [0.25, 0.3) is 5.91 Å². The van der Waals surface area contributed by atoms with Crippen LogP contribution >= 0.6 is 0 Å². The third-order valence-corrected chi connectivity index (χ3v) is 5.93. The van der Waals surface area contributed by atoms with E-state index in [1.165, 1.54) is 0 Å². The Bertz CT molecular complexity index is 862. The van der Waals surface area contributed by atoms with Crippen molar-refractivity contribution in [3.8, 4) is 0 Å². The Morgan fingerprint density at radius 1 is 1.21 bits per heavy atom. The van der Waals surface area contributed by atoms with Crippen LogP contribution in [0.3, 0.4) is 0 Å². The van der Waals surface area contributed by atoms with Crippen LogP contribution in [0.2, 0.25) is 0 Å². The van der Waals surface area contributed by atoms with E-state index in [2.05, 4.69) is 10.3 Å². The van der Waals surface area contributed by atoms with Crippen molar-refractivity contribution in [2.75, 3.05) is 31.6 Å². The number of aromatic nitrogens is 1. The van der Waals surface area contributed by atoms with E-state index in [0.717, 1.165) is 18.4 Å². The molecule has 4 rings (SSSR count). The van der Waals surface area contributed by atoms with Gasteiger partial charge in [0.1, 0.15) is 0 Å². The third-order valence-electron chi connectivity index (χ3n) is 5.93. The van der Waals surface area contributed by atoms with Crippen molar-refractivity contribution < 1.29 is 14.3 Å². The Balaban J connectivity index is 1.57. The molecule has 1 aromatic carbocycles. The maximum absolute atomic E-state index is 13.1. The molecule has 0 radical (unpaired) electrons. The Morgan fingerprint density at radius 2 is 2.04 bits per heavy atom. The van der Waals surface area contributed by atoms with Gasteiger partial charge in [-0.05, 0) is 44.0 Å². The summed E-state index contributed by atoms with van der Waals surface area (Å²) in [5.41, 5.74) is 2.18. The molecule has 2 fully saturated rings. The normalized spacial score (nSPS) is 20.9. The van der Waals surface area contributed by atoms with Gasteiger partial charge in [-0.15, -0.1) is 0 Å². The zero-order valence-corrected chi connectivity index (χ0v) is 16.1. The number of aryl methyl sites for hydroxylation is 1. The number of hydrogen-bond acceptors (Lipinski definition) is 4. The first kappa shape index (κ1) is 18.6. The largest absolute Gasteiger partial charge is 0.381 e. The summed E-state index contributed by atoms with van der Waals surface area (Å²) >= 11 is 0. The van der Waals surface area contributed by atoms with Crippen LogP contribution in [-0.2, 0) is 9.53 Å². The minimum absolute atomic E-state index is 0.00811. The van der Waals surface area contributed by atoms with Crippen molar-refractivity contribution in [3.05, 3.63) is 59.9 Å². The first-order valence-electron chi connectivity index (χ1n) is 9.72. The molecule has 2 aromatic rings. The molecule has 6 nitrogen and oxygen atoms in total. The Morgan fingerprint density at radius 3 is 2.75 bits per heavy atom. The average molecular weight is 379 g/mol. The fourth-order valence-corrected chi connectivity index (χ4v) is 4.40. The summed E-state index contributed by atoms with van der Waals surface area (Å²) in [5.74, 6) is -0.314. The third kappa shape index (κ3) is 3.64. The molecule has 2 aliphatic heterocycles. The van der Waals surface area contributed by atoms with E-state index >= 15 is 0 Å². The Labute approximate surface area is 164 Å². The fraction of sp³-hybridized carbons (Fsp3) is 0.409. The van der Waals surface area contributed by atoms with Crippen molar-refractivity contribution >= 4 is 17.5 Å². The van der Waals surface area contributed by atoms with Crippen LogP contribution in [0.25, 0.3) is 0 Å². The SMILES string of the molecule is Cc1cccc(C(=O)N2C[C@@H](C(=O)Nc3cccnc3)C3(CCOCC3)C2)c1. The number of ether oxygens (including phenoxy) is 1. The number of anilines is 1. The monoisotopic (exact) mass is 379 g/mol. The minimum atomic E-state index is -0.259. The highest BCUT2D eigenvalue weighted by molar-refractivity contribution is 5.97. The number of carbonyl (C=O) groups excluding carboxylic acids is 2. The maximum atomic E-state index is 13.1. The highest BCUT2D eigenvalue weighted by Crippen LogP contribution is 2.45. The molecule has 1 atom stereocenters. The highest BCUT2D eigenvalue weighted by atomic mass is 16.5. The molecule has 3 heterocycles. The van der Waals surface area contributed by atoms with E-state index in [1.54, 1.807) is 18.5 Å². The summed E-state index contributed by atoms with van der Waals surface area (Å²) in [6, 6.07) is 11.2. The lowest BCUT2D eigenvalue weighted by Gasteiger charge is -2.37. The van der Waals surface area contributed by atoms with Gasteiger partial charge in [0, 0.05) is 43.5 Å². The smallest absolute Gasteiger partial charge is 0.253 e. The number of nitrogens with zero attached hydrogens (tertiary/aromatic N) is 2. The summed E-state index contributed by atoms with van der Waals surface area (Å²) in [7, 11) is 0. The molecule has 2 saturated heterocycles. The van der Waals surface area contributed by atoms with Crippen LogP contribution in [0, 0.1) is 18.3 Å². The molecule has 146 valence electrons. The first-order valence-corrected chi connectivity index (χ1v) is 9.72. The van der Waals surface area contributed by atoms with E-state index in [4.69, 9.17) is 4.74 Å². The Hall–Kier alpha value is -2.73. The number of pyridine rings is 1. The van der Waals surface area contributed by atoms with Gasteiger partial charge in [-0.2, -0.15) is 0 Å². The zero-order valence-electron chi connectivity index (χ0n) is 16.1. The molecule has 0 saturated carbocycles. The summed E-state index contributed by atoms with van der Waals surface area (Å²) in [5, 5.41) is 2.98. The maximum Gasteiger partial charge on any atom is 0.253 e. The molecule has 0 unspecified atom stereocenters. The van der Waals surface area contributed by atoms with Gasteiger partial charge in [-0.3, -0.25) is 14.6 Å². The van der Waals surface area contributed by atoms with Crippen LogP contribution in [0.5, 0.6) is 0 Å². The summed E-state index contributed by atoms with van der Waals surface area (Å²) < 4.78 is 5.55. The van der Waals surface area contributed by atoms with Crippen molar-refractivity contribution in [1.82, 2.24) is 9.88 Å². The van der Waals surface area contributed by atoms with Gasteiger partial charge < -0.3 is 15.0 Å². The summed E-state index contributed by atoms with van der Waals surface area (Å²) in [4.78, 5) is 32.1. The molecular formula is C22H25N3O3. The second-order valence-electron chi connectivity index (χ2n) is 7.81. The number of rotatable bonds is 3. The summed E-state index contributed by atoms with van der Waals surface area (Å²) in [6.45, 7) is 4.25. The minimum Gasteiger partial charge on any atom is -0.381 e. The topological polar surface area (TPSA) is 71.5 Å². The van der Waals surface area contributed by atoms with Gasteiger partial charge >= 0.3 is 0 Å². The molecule has 6 heteroatoms. The van der Waals surface area contributed by atoms with E-state index in [-0.39, 0.29) is 23.1 Å². The second kappa shape index (κ2) is 7.72. The van der Waals surface area contributed by atoms with E-state index < -0.39 is 0 Å². The second-order valence-corrected chi connectivity index (χ2v) is 7.81.